The van der Waals surface area contributed by atoms with Gasteiger partial charge in [0.1, 0.15) is 6.54 Å². The van der Waals surface area contributed by atoms with Crippen LogP contribution in [0.15, 0.2) is 6.20 Å². The van der Waals surface area contributed by atoms with Crippen LogP contribution in [0.4, 0.5) is 13.2 Å². The van der Waals surface area contributed by atoms with E-state index in [2.05, 4.69) is 5.10 Å². The highest BCUT2D eigenvalue weighted by Crippen LogP contribution is 2.47. The Morgan fingerprint density at radius 2 is 1.81 bits per heavy atom. The molecule has 0 atom stereocenters. The first kappa shape index (κ1) is 15.8. The van der Waals surface area contributed by atoms with Gasteiger partial charge >= 0.3 is 6.18 Å². The van der Waals surface area contributed by atoms with E-state index in [-0.39, 0.29) is 12.1 Å². The van der Waals surface area contributed by atoms with Gasteiger partial charge in [0.2, 0.25) is 0 Å². The molecule has 0 bridgehead atoms. The summed E-state index contributed by atoms with van der Waals surface area (Å²) in [7, 11) is 0. The minimum atomic E-state index is -4.64. The number of nitriles is 1. The van der Waals surface area contributed by atoms with Crippen molar-refractivity contribution in [1.29, 1.82) is 5.26 Å². The summed E-state index contributed by atoms with van der Waals surface area (Å²) in [6.07, 6.45) is -4.66. The first-order valence-electron chi connectivity index (χ1n) is 6.35. The van der Waals surface area contributed by atoms with Crippen LogP contribution in [0.1, 0.15) is 45.2 Å². The lowest BCUT2D eigenvalue weighted by Crippen LogP contribution is -2.41. The molecule has 8 heteroatoms. The topological polar surface area (TPSA) is 60.1 Å². The van der Waals surface area contributed by atoms with Gasteiger partial charge in [-0.3, -0.25) is 4.68 Å². The molecule has 5 nitrogen and oxygen atoms in total. The molecule has 1 aromatic rings. The van der Waals surface area contributed by atoms with Gasteiger partial charge in [-0.2, -0.15) is 23.5 Å². The average Bonchev–Trinajstić information content (AvgIpc) is 2.79. The Labute approximate surface area is 120 Å². The molecule has 116 valence electrons. The zero-order chi connectivity index (χ0) is 16.1. The van der Waals surface area contributed by atoms with Gasteiger partial charge in [-0.05, 0) is 27.7 Å². The molecule has 0 aromatic carbocycles. The van der Waals surface area contributed by atoms with Crippen molar-refractivity contribution in [1.82, 2.24) is 9.78 Å². The molecule has 1 aromatic heterocycles. The van der Waals surface area contributed by atoms with Gasteiger partial charge in [-0.25, -0.2) is 0 Å². The summed E-state index contributed by atoms with van der Waals surface area (Å²) in [6.45, 7) is 6.72. The predicted molar refractivity (Wildman–Crippen MR) is 65.9 cm³/mol. The van der Waals surface area contributed by atoms with E-state index in [1.165, 1.54) is 0 Å². The van der Waals surface area contributed by atoms with Gasteiger partial charge in [-0.15, -0.1) is 0 Å². The summed E-state index contributed by atoms with van der Waals surface area (Å²) in [5, 5.41) is 12.0. The summed E-state index contributed by atoms with van der Waals surface area (Å²) < 4.78 is 51.4. The van der Waals surface area contributed by atoms with Crippen LogP contribution in [-0.4, -0.2) is 21.0 Å². The largest absolute Gasteiger partial charge is 0.435 e. The zero-order valence-electron chi connectivity index (χ0n) is 12.2. The number of rotatable bonds is 2. The molecule has 0 radical (unpaired) electrons. The van der Waals surface area contributed by atoms with Crippen molar-refractivity contribution in [2.75, 3.05) is 0 Å². The highest BCUT2D eigenvalue weighted by Gasteiger charge is 2.52. The molecule has 1 saturated heterocycles. The molecule has 0 amide bonds. The maximum Gasteiger partial charge on any atom is 0.435 e. The third-order valence-corrected chi connectivity index (χ3v) is 3.80. The van der Waals surface area contributed by atoms with Crippen molar-refractivity contribution in [3.05, 3.63) is 17.5 Å². The third-order valence-electron chi connectivity index (χ3n) is 3.80. The number of nitrogens with zero attached hydrogens (tertiary/aromatic N) is 3. The lowest BCUT2D eigenvalue weighted by Gasteiger charge is -2.30. The van der Waals surface area contributed by atoms with E-state index in [4.69, 9.17) is 14.7 Å². The van der Waals surface area contributed by atoms with E-state index in [1.807, 2.05) is 0 Å². The Hall–Kier alpha value is -1.59. The van der Waals surface area contributed by atoms with Gasteiger partial charge in [-0.1, -0.05) is 0 Å². The van der Waals surface area contributed by atoms with Crippen molar-refractivity contribution >= 4 is 0 Å². The van der Waals surface area contributed by atoms with E-state index < -0.39 is 29.4 Å². The Morgan fingerprint density at radius 3 is 2.24 bits per heavy atom. The predicted octanol–water partition coefficient (Wildman–Crippen LogP) is 3.03. The first-order valence-corrected chi connectivity index (χ1v) is 6.35. The van der Waals surface area contributed by atoms with E-state index in [9.17, 15) is 13.2 Å². The van der Waals surface area contributed by atoms with Gasteiger partial charge in [0.15, 0.2) is 12.0 Å². The van der Waals surface area contributed by atoms with Gasteiger partial charge in [0, 0.05) is 6.20 Å². The first-order chi connectivity index (χ1) is 9.48. The SMILES string of the molecule is CC1(C)OC(c2cn(CC#N)nc2C(F)(F)F)OC1(C)C. The Balaban J connectivity index is 2.43. The molecule has 2 heterocycles. The molecule has 1 aliphatic heterocycles. The average molecular weight is 303 g/mol. The van der Waals surface area contributed by atoms with Crippen LogP contribution in [0, 0.1) is 11.3 Å². The summed E-state index contributed by atoms with van der Waals surface area (Å²) in [6, 6.07) is 1.75. The van der Waals surface area contributed by atoms with Gasteiger partial charge in [0.25, 0.3) is 0 Å². The fraction of sp³-hybridized carbons (Fsp3) is 0.692. The van der Waals surface area contributed by atoms with Gasteiger partial charge < -0.3 is 9.47 Å². The van der Waals surface area contributed by atoms with E-state index in [1.54, 1.807) is 33.8 Å². The molecule has 0 spiro atoms. The fourth-order valence-electron chi connectivity index (χ4n) is 1.95. The number of halogens is 3. The number of ether oxygens (including phenoxy) is 2. The lowest BCUT2D eigenvalue weighted by molar-refractivity contribution is -0.148. The van der Waals surface area contributed by atoms with E-state index >= 15 is 0 Å². The maximum atomic E-state index is 13.1. The molecule has 0 unspecified atom stereocenters. The van der Waals surface area contributed by atoms with Crippen LogP contribution in [0.25, 0.3) is 0 Å². The van der Waals surface area contributed by atoms with Crippen molar-refractivity contribution in [3.8, 4) is 6.07 Å². The second-order valence-electron chi connectivity index (χ2n) is 5.87. The van der Waals surface area contributed by atoms with Crippen LogP contribution in [0.3, 0.4) is 0 Å². The minimum Gasteiger partial charge on any atom is -0.339 e. The van der Waals surface area contributed by atoms with E-state index in [0.29, 0.717) is 0 Å². The second-order valence-corrected chi connectivity index (χ2v) is 5.87. The molecule has 21 heavy (non-hydrogen) atoms. The molecule has 2 rings (SSSR count). The Bertz CT molecular complexity index is 568. The number of aromatic nitrogens is 2. The minimum absolute atomic E-state index is 0.212. The van der Waals surface area contributed by atoms with Crippen LogP contribution < -0.4 is 0 Å². The molecule has 0 N–H and O–H groups in total. The van der Waals surface area contributed by atoms with E-state index in [0.717, 1.165) is 10.9 Å². The van der Waals surface area contributed by atoms with Crippen LogP contribution in [0.2, 0.25) is 0 Å². The van der Waals surface area contributed by atoms with Crippen LogP contribution in [0.5, 0.6) is 0 Å². The fourth-order valence-corrected chi connectivity index (χ4v) is 1.95. The molecular weight excluding hydrogens is 287 g/mol. The van der Waals surface area contributed by atoms with Crippen molar-refractivity contribution in [2.45, 2.75) is 57.9 Å². The summed E-state index contributed by atoms with van der Waals surface area (Å²) in [5.74, 6) is 0. The third kappa shape index (κ3) is 2.76. The maximum absolute atomic E-state index is 13.1. The quantitative estimate of drug-likeness (QED) is 0.842. The monoisotopic (exact) mass is 303 g/mol. The molecular formula is C13H16F3N3O2. The Kier molecular flexibility index (Phi) is 3.54. The highest BCUT2D eigenvalue weighted by molar-refractivity contribution is 5.23. The van der Waals surface area contributed by atoms with Crippen molar-refractivity contribution in [3.63, 3.8) is 0 Å². The van der Waals surface area contributed by atoms with Crippen LogP contribution >= 0.6 is 0 Å². The number of alkyl halides is 3. The summed E-state index contributed by atoms with van der Waals surface area (Å²) >= 11 is 0. The summed E-state index contributed by atoms with van der Waals surface area (Å²) in [5.41, 5.74) is -2.80. The molecule has 1 fully saturated rings. The molecule has 0 aliphatic carbocycles. The zero-order valence-corrected chi connectivity index (χ0v) is 12.2. The lowest BCUT2D eigenvalue weighted by atomic mass is 9.90. The van der Waals surface area contributed by atoms with Gasteiger partial charge in [0.05, 0.1) is 22.8 Å². The normalized spacial score (nSPS) is 21.4. The summed E-state index contributed by atoms with van der Waals surface area (Å²) in [4.78, 5) is 0. The highest BCUT2D eigenvalue weighted by atomic mass is 19.4. The van der Waals surface area contributed by atoms with Crippen LogP contribution in [-0.2, 0) is 22.2 Å². The Morgan fingerprint density at radius 1 is 1.29 bits per heavy atom. The number of hydrogen-bond donors (Lipinski definition) is 0. The number of hydrogen-bond acceptors (Lipinski definition) is 4. The molecule has 1 aliphatic rings. The standard InChI is InChI=1S/C13H16F3N3O2/c1-11(2)12(3,4)21-10(20-11)8-7-19(6-5-17)18-9(8)13(14,15)16/h7,10H,6H2,1-4H3. The van der Waals surface area contributed by atoms with Crippen molar-refractivity contribution < 1.29 is 22.6 Å². The second kappa shape index (κ2) is 4.71. The molecule has 0 saturated carbocycles. The van der Waals surface area contributed by atoms with Crippen molar-refractivity contribution in [2.24, 2.45) is 0 Å². The smallest absolute Gasteiger partial charge is 0.339 e.